The van der Waals surface area contributed by atoms with E-state index in [9.17, 15) is 0 Å². The molecule has 140 valence electrons. The highest BCUT2D eigenvalue weighted by molar-refractivity contribution is 6.06. The second-order valence-corrected chi connectivity index (χ2v) is 8.87. The van der Waals surface area contributed by atoms with Gasteiger partial charge >= 0.3 is 0 Å². The molecule has 0 amide bonds. The summed E-state index contributed by atoms with van der Waals surface area (Å²) in [4.78, 5) is 2.62. The molecule has 2 unspecified atom stereocenters. The molecule has 2 heteroatoms. The molecule has 4 heterocycles. The maximum atomic E-state index is 6.49. The SMILES string of the molecule is Cc1ccc2c(oc3ccccc32)c1C1[C@@H](C)N2CCC1(C)c1ccccc12. The fourth-order valence-electron chi connectivity index (χ4n) is 6.13. The van der Waals surface area contributed by atoms with Gasteiger partial charge in [0.25, 0.3) is 0 Å². The van der Waals surface area contributed by atoms with Crippen molar-refractivity contribution in [2.24, 2.45) is 0 Å². The van der Waals surface area contributed by atoms with Crippen molar-refractivity contribution in [2.75, 3.05) is 11.4 Å². The first-order valence-corrected chi connectivity index (χ1v) is 10.4. The number of anilines is 1. The van der Waals surface area contributed by atoms with Crippen LogP contribution in [0.4, 0.5) is 5.69 Å². The first kappa shape index (κ1) is 16.2. The summed E-state index contributed by atoms with van der Waals surface area (Å²) < 4.78 is 6.49. The second-order valence-electron chi connectivity index (χ2n) is 8.87. The van der Waals surface area contributed by atoms with Crippen molar-refractivity contribution in [3.8, 4) is 0 Å². The van der Waals surface area contributed by atoms with E-state index in [0.717, 1.165) is 17.7 Å². The van der Waals surface area contributed by atoms with E-state index in [1.54, 1.807) is 0 Å². The highest BCUT2D eigenvalue weighted by atomic mass is 16.3. The molecule has 1 aromatic heterocycles. The van der Waals surface area contributed by atoms with Gasteiger partial charge in [0, 0.05) is 45.9 Å². The Morgan fingerprint density at radius 3 is 2.64 bits per heavy atom. The summed E-state index contributed by atoms with van der Waals surface area (Å²) in [7, 11) is 0. The fraction of sp³-hybridized carbons (Fsp3) is 0.308. The fourth-order valence-corrected chi connectivity index (χ4v) is 6.13. The van der Waals surface area contributed by atoms with Crippen LogP contribution in [0.2, 0.25) is 0 Å². The van der Waals surface area contributed by atoms with Crippen LogP contribution in [0.25, 0.3) is 21.9 Å². The Balaban J connectivity index is 1.67. The third-order valence-corrected chi connectivity index (χ3v) is 7.48. The molecular formula is C26H25NO. The molecule has 2 nitrogen and oxygen atoms in total. The van der Waals surface area contributed by atoms with Crippen LogP contribution in [0.3, 0.4) is 0 Å². The van der Waals surface area contributed by atoms with Crippen molar-refractivity contribution in [3.63, 3.8) is 0 Å². The van der Waals surface area contributed by atoms with Crippen molar-refractivity contribution in [1.29, 1.82) is 0 Å². The maximum Gasteiger partial charge on any atom is 0.139 e. The molecule has 3 atom stereocenters. The molecule has 0 N–H and O–H groups in total. The Kier molecular flexibility index (Phi) is 3.14. The van der Waals surface area contributed by atoms with Gasteiger partial charge in [0.05, 0.1) is 0 Å². The Morgan fingerprint density at radius 2 is 1.75 bits per heavy atom. The average molecular weight is 367 g/mol. The number of benzene rings is 3. The minimum Gasteiger partial charge on any atom is -0.456 e. The van der Waals surface area contributed by atoms with E-state index >= 15 is 0 Å². The zero-order valence-corrected chi connectivity index (χ0v) is 16.7. The van der Waals surface area contributed by atoms with Crippen LogP contribution < -0.4 is 4.90 Å². The highest BCUT2D eigenvalue weighted by Gasteiger charge is 2.52. The van der Waals surface area contributed by atoms with Crippen molar-refractivity contribution in [1.82, 2.24) is 0 Å². The zero-order valence-electron chi connectivity index (χ0n) is 16.7. The van der Waals surface area contributed by atoms with Crippen LogP contribution in [0.1, 0.15) is 42.9 Å². The van der Waals surface area contributed by atoms with E-state index in [1.807, 2.05) is 0 Å². The molecular weight excluding hydrogens is 342 g/mol. The van der Waals surface area contributed by atoms with Crippen molar-refractivity contribution < 1.29 is 4.42 Å². The molecule has 2 bridgehead atoms. The lowest BCUT2D eigenvalue weighted by Gasteiger charge is -2.58. The minimum absolute atomic E-state index is 0.128. The van der Waals surface area contributed by atoms with Gasteiger partial charge in [-0.2, -0.15) is 0 Å². The summed E-state index contributed by atoms with van der Waals surface area (Å²) in [6.45, 7) is 8.27. The van der Waals surface area contributed by atoms with Gasteiger partial charge in [-0.25, -0.2) is 0 Å². The Bertz CT molecular complexity index is 1240. The lowest BCUT2D eigenvalue weighted by Crippen LogP contribution is -2.57. The molecule has 3 aromatic carbocycles. The highest BCUT2D eigenvalue weighted by Crippen LogP contribution is 2.57. The molecule has 4 aromatic rings. The molecule has 0 aliphatic carbocycles. The molecule has 3 aliphatic heterocycles. The molecule has 3 aliphatic rings. The normalized spacial score (nSPS) is 26.2. The monoisotopic (exact) mass is 367 g/mol. The van der Waals surface area contributed by atoms with Crippen LogP contribution >= 0.6 is 0 Å². The van der Waals surface area contributed by atoms with E-state index in [0.29, 0.717) is 12.0 Å². The largest absolute Gasteiger partial charge is 0.456 e. The van der Waals surface area contributed by atoms with E-state index in [2.05, 4.69) is 86.3 Å². The number of piperidine rings is 1. The first-order chi connectivity index (χ1) is 13.6. The van der Waals surface area contributed by atoms with E-state index in [1.165, 1.54) is 39.6 Å². The zero-order chi connectivity index (χ0) is 19.0. The topological polar surface area (TPSA) is 16.4 Å². The van der Waals surface area contributed by atoms with Crippen molar-refractivity contribution >= 4 is 27.6 Å². The van der Waals surface area contributed by atoms with Gasteiger partial charge in [-0.3, -0.25) is 0 Å². The van der Waals surface area contributed by atoms with Crippen molar-refractivity contribution in [2.45, 2.75) is 44.6 Å². The van der Waals surface area contributed by atoms with E-state index in [4.69, 9.17) is 4.42 Å². The molecule has 0 radical (unpaired) electrons. The third kappa shape index (κ3) is 1.88. The summed E-state index contributed by atoms with van der Waals surface area (Å²) in [6, 6.07) is 22.4. The van der Waals surface area contributed by atoms with Crippen LogP contribution in [0, 0.1) is 6.92 Å². The van der Waals surface area contributed by atoms with Crippen LogP contribution in [0.5, 0.6) is 0 Å². The predicted molar refractivity (Wildman–Crippen MR) is 116 cm³/mol. The van der Waals surface area contributed by atoms with Gasteiger partial charge in [0.1, 0.15) is 11.2 Å². The Labute approximate surface area is 165 Å². The second kappa shape index (κ2) is 5.41. The first-order valence-electron chi connectivity index (χ1n) is 10.4. The van der Waals surface area contributed by atoms with Gasteiger partial charge in [-0.05, 0) is 43.5 Å². The summed E-state index contributed by atoms with van der Waals surface area (Å²) in [5, 5.41) is 2.47. The lowest BCUT2D eigenvalue weighted by molar-refractivity contribution is 0.243. The smallest absolute Gasteiger partial charge is 0.139 e. The molecule has 7 rings (SSSR count). The number of fused-ring (bicyclic) bond motifs is 5. The Hall–Kier alpha value is -2.74. The predicted octanol–water partition coefficient (Wildman–Crippen LogP) is 6.55. The number of furan rings is 1. The third-order valence-electron chi connectivity index (χ3n) is 7.48. The summed E-state index contributed by atoms with van der Waals surface area (Å²) in [5.74, 6) is 0.417. The lowest BCUT2D eigenvalue weighted by atomic mass is 9.58. The molecule has 0 saturated carbocycles. The van der Waals surface area contributed by atoms with Gasteiger partial charge < -0.3 is 9.32 Å². The quantitative estimate of drug-likeness (QED) is 0.379. The standard InChI is InChI=1S/C26H25NO/c1-16-12-13-19-18-8-4-7-11-22(18)28-25(19)23(16)24-17(2)27-15-14-26(24,3)20-9-5-6-10-21(20)27/h4-13,17,24H,14-15H2,1-3H3/t17-,24?,26?/m1/s1. The summed E-state index contributed by atoms with van der Waals surface area (Å²) in [6.07, 6.45) is 1.19. The minimum atomic E-state index is 0.128. The van der Waals surface area contributed by atoms with Crippen molar-refractivity contribution in [3.05, 3.63) is 77.4 Å². The van der Waals surface area contributed by atoms with E-state index < -0.39 is 0 Å². The number of hydrogen-bond acceptors (Lipinski definition) is 2. The van der Waals surface area contributed by atoms with Crippen LogP contribution in [-0.2, 0) is 5.41 Å². The van der Waals surface area contributed by atoms with Gasteiger partial charge in [0.15, 0.2) is 0 Å². The number of rotatable bonds is 1. The van der Waals surface area contributed by atoms with Gasteiger partial charge in [-0.1, -0.05) is 55.5 Å². The Morgan fingerprint density at radius 1 is 0.964 bits per heavy atom. The molecule has 1 fully saturated rings. The molecule has 1 saturated heterocycles. The van der Waals surface area contributed by atoms with Gasteiger partial charge in [0.2, 0.25) is 0 Å². The number of nitrogens with zero attached hydrogens (tertiary/aromatic N) is 1. The molecule has 28 heavy (non-hydrogen) atoms. The number of para-hydroxylation sites is 2. The number of hydrogen-bond donors (Lipinski definition) is 0. The van der Waals surface area contributed by atoms with E-state index in [-0.39, 0.29) is 5.41 Å². The summed E-state index contributed by atoms with van der Waals surface area (Å²) in [5.41, 5.74) is 7.88. The summed E-state index contributed by atoms with van der Waals surface area (Å²) >= 11 is 0. The molecule has 0 spiro atoms. The van der Waals surface area contributed by atoms with Crippen LogP contribution in [0.15, 0.2) is 65.1 Å². The number of aryl methyl sites for hydroxylation is 1. The maximum absolute atomic E-state index is 6.49. The van der Waals surface area contributed by atoms with Crippen LogP contribution in [-0.4, -0.2) is 12.6 Å². The van der Waals surface area contributed by atoms with Gasteiger partial charge in [-0.15, -0.1) is 0 Å². The average Bonchev–Trinajstić information content (AvgIpc) is 3.08.